The number of pyridine rings is 1. The van der Waals surface area contributed by atoms with Crippen molar-refractivity contribution < 1.29 is 0 Å². The van der Waals surface area contributed by atoms with Gasteiger partial charge < -0.3 is 0 Å². The second kappa shape index (κ2) is 12.1. The van der Waals surface area contributed by atoms with Gasteiger partial charge in [0.25, 0.3) is 0 Å². The van der Waals surface area contributed by atoms with Crippen molar-refractivity contribution in [2.75, 3.05) is 0 Å². The lowest BCUT2D eigenvalue weighted by atomic mass is 9.90. The van der Waals surface area contributed by atoms with Gasteiger partial charge >= 0.3 is 0 Å². The molecule has 11 rings (SSSR count). The number of nitrogens with zero attached hydrogens (tertiary/aromatic N) is 4. The van der Waals surface area contributed by atoms with Crippen molar-refractivity contribution in [3.8, 4) is 45.4 Å². The van der Waals surface area contributed by atoms with E-state index in [9.17, 15) is 0 Å². The van der Waals surface area contributed by atoms with E-state index in [1.807, 2.05) is 42.5 Å². The quantitative estimate of drug-likeness (QED) is 0.173. The van der Waals surface area contributed by atoms with Gasteiger partial charge in [-0.25, -0.2) is 19.9 Å². The maximum atomic E-state index is 5.23. The summed E-state index contributed by atoms with van der Waals surface area (Å²) in [6, 6.07) is 64.1. The highest BCUT2D eigenvalue weighted by molar-refractivity contribution is 6.26. The third kappa shape index (κ3) is 4.78. The van der Waals surface area contributed by atoms with Crippen LogP contribution < -0.4 is 0 Å². The number of hydrogen-bond donors (Lipinski definition) is 0. The molecular formula is C50H30N4. The van der Waals surface area contributed by atoms with Crippen LogP contribution in [0, 0.1) is 0 Å². The zero-order valence-corrected chi connectivity index (χ0v) is 29.1. The summed E-state index contributed by atoms with van der Waals surface area (Å²) < 4.78 is 0. The Morgan fingerprint density at radius 1 is 0.241 bits per heavy atom. The van der Waals surface area contributed by atoms with Gasteiger partial charge in [0.05, 0.1) is 5.52 Å². The fourth-order valence-corrected chi connectivity index (χ4v) is 8.21. The molecule has 0 amide bonds. The molecule has 0 unspecified atom stereocenters. The predicted molar refractivity (Wildman–Crippen MR) is 224 cm³/mol. The second-order valence-corrected chi connectivity index (χ2v) is 13.8. The lowest BCUT2D eigenvalue weighted by Crippen LogP contribution is -2.02. The number of rotatable bonds is 4. The Bertz CT molecular complexity index is 3240. The average molecular weight is 687 g/mol. The van der Waals surface area contributed by atoms with Crippen molar-refractivity contribution in [2.24, 2.45) is 0 Å². The first-order valence-corrected chi connectivity index (χ1v) is 18.2. The molecule has 4 nitrogen and oxygen atoms in total. The first kappa shape index (κ1) is 30.3. The molecule has 0 bridgehead atoms. The van der Waals surface area contributed by atoms with Gasteiger partial charge in [0.2, 0.25) is 0 Å². The highest BCUT2D eigenvalue weighted by Crippen LogP contribution is 2.41. The van der Waals surface area contributed by atoms with Gasteiger partial charge in [-0.2, -0.15) is 0 Å². The molecule has 0 aliphatic rings. The van der Waals surface area contributed by atoms with Crippen LogP contribution in [0.1, 0.15) is 0 Å². The molecule has 0 aliphatic carbocycles. The van der Waals surface area contributed by atoms with Crippen LogP contribution in [-0.4, -0.2) is 19.9 Å². The minimum atomic E-state index is 0.544. The fourth-order valence-electron chi connectivity index (χ4n) is 8.21. The smallest absolute Gasteiger partial charge is 0.183 e. The molecule has 11 aromatic rings. The van der Waals surface area contributed by atoms with Crippen molar-refractivity contribution in [3.63, 3.8) is 0 Å². The molecule has 0 spiro atoms. The molecule has 0 atom stereocenters. The Morgan fingerprint density at radius 2 is 0.704 bits per heavy atom. The summed E-state index contributed by atoms with van der Waals surface area (Å²) in [6.07, 6.45) is 0. The third-order valence-corrected chi connectivity index (χ3v) is 10.7. The van der Waals surface area contributed by atoms with E-state index < -0.39 is 0 Å². The number of fused-ring (bicyclic) bond motifs is 10. The molecule has 9 aromatic carbocycles. The van der Waals surface area contributed by atoms with E-state index in [-0.39, 0.29) is 0 Å². The first-order valence-electron chi connectivity index (χ1n) is 18.2. The number of aromatic nitrogens is 4. The summed E-state index contributed by atoms with van der Waals surface area (Å²) in [5.74, 6) is 1.76. The van der Waals surface area contributed by atoms with Crippen LogP contribution in [0.3, 0.4) is 0 Å². The van der Waals surface area contributed by atoms with Crippen LogP contribution in [0.2, 0.25) is 0 Å². The monoisotopic (exact) mass is 686 g/mol. The van der Waals surface area contributed by atoms with Crippen LogP contribution in [-0.2, 0) is 0 Å². The van der Waals surface area contributed by atoms with E-state index in [2.05, 4.69) is 140 Å². The Balaban J connectivity index is 1.14. The van der Waals surface area contributed by atoms with E-state index in [0.29, 0.717) is 17.5 Å². The lowest BCUT2D eigenvalue weighted by molar-refractivity contribution is 1.07. The summed E-state index contributed by atoms with van der Waals surface area (Å²) in [5.41, 5.74) is 5.83. The van der Waals surface area contributed by atoms with E-state index >= 15 is 0 Å². The van der Waals surface area contributed by atoms with E-state index in [1.54, 1.807) is 0 Å². The molecule has 250 valence electrons. The van der Waals surface area contributed by atoms with Crippen molar-refractivity contribution in [2.45, 2.75) is 0 Å². The topological polar surface area (TPSA) is 51.6 Å². The number of hydrogen-bond acceptors (Lipinski definition) is 4. The van der Waals surface area contributed by atoms with Gasteiger partial charge in [-0.1, -0.05) is 164 Å². The van der Waals surface area contributed by atoms with E-state index in [1.165, 1.54) is 37.9 Å². The normalized spacial score (nSPS) is 11.7. The zero-order chi connectivity index (χ0) is 35.6. The molecule has 0 saturated carbocycles. The maximum Gasteiger partial charge on any atom is 0.183 e. The van der Waals surface area contributed by atoms with Gasteiger partial charge in [0.1, 0.15) is 5.69 Å². The molecule has 0 fully saturated rings. The standard InChI is InChI=1S/C50H30N4/c1-2-14-31(15-3-1)48-52-49(54-50(53-48)47-43-24-11-10-22-40(43)42-23-12-13-25-46(42)51-47)44-29-28-33(34-16-4-8-20-38(34)44)32-26-27-41-37-19-6-5-17-35(37)36-18-7-9-21-39(36)45(41)30-32/h1-30H. The van der Waals surface area contributed by atoms with Gasteiger partial charge in [0.15, 0.2) is 17.5 Å². The van der Waals surface area contributed by atoms with Crippen LogP contribution in [0.15, 0.2) is 182 Å². The SMILES string of the molecule is c1ccc(-c2nc(-c3ccc(-c4ccc5c6ccccc6c6ccccc6c5c4)c4ccccc34)nc(-c3nc4ccccc4c4ccccc34)n2)cc1. The summed E-state index contributed by atoms with van der Waals surface area (Å²) in [7, 11) is 0. The minimum absolute atomic E-state index is 0.544. The highest BCUT2D eigenvalue weighted by Gasteiger charge is 2.19. The van der Waals surface area contributed by atoms with Crippen molar-refractivity contribution in [1.29, 1.82) is 0 Å². The van der Waals surface area contributed by atoms with Crippen molar-refractivity contribution in [1.82, 2.24) is 19.9 Å². The van der Waals surface area contributed by atoms with Crippen molar-refractivity contribution >= 4 is 64.8 Å². The van der Waals surface area contributed by atoms with Crippen LogP contribution in [0.25, 0.3) is 110 Å². The number of para-hydroxylation sites is 1. The first-order chi connectivity index (χ1) is 26.8. The van der Waals surface area contributed by atoms with Crippen LogP contribution in [0.5, 0.6) is 0 Å². The van der Waals surface area contributed by atoms with Gasteiger partial charge in [0, 0.05) is 21.9 Å². The summed E-state index contributed by atoms with van der Waals surface area (Å²) in [4.78, 5) is 20.6. The van der Waals surface area contributed by atoms with Gasteiger partial charge in [-0.05, 0) is 77.8 Å². The second-order valence-electron chi connectivity index (χ2n) is 13.8. The Morgan fingerprint density at radius 3 is 1.39 bits per heavy atom. The molecule has 2 aromatic heterocycles. The van der Waals surface area contributed by atoms with Gasteiger partial charge in [-0.15, -0.1) is 0 Å². The molecule has 2 heterocycles. The molecular weight excluding hydrogens is 657 g/mol. The third-order valence-electron chi connectivity index (χ3n) is 10.7. The number of benzene rings is 9. The molecule has 0 saturated heterocycles. The molecule has 0 N–H and O–H groups in total. The van der Waals surface area contributed by atoms with Crippen molar-refractivity contribution in [3.05, 3.63) is 182 Å². The minimum Gasteiger partial charge on any atom is -0.244 e. The maximum absolute atomic E-state index is 5.23. The summed E-state index contributed by atoms with van der Waals surface area (Å²) >= 11 is 0. The van der Waals surface area contributed by atoms with E-state index in [0.717, 1.165) is 54.8 Å². The van der Waals surface area contributed by atoms with Crippen LogP contribution in [0.4, 0.5) is 0 Å². The Labute approximate surface area is 311 Å². The molecule has 54 heavy (non-hydrogen) atoms. The molecule has 0 aliphatic heterocycles. The molecule has 4 heteroatoms. The average Bonchev–Trinajstić information content (AvgIpc) is 3.26. The zero-order valence-electron chi connectivity index (χ0n) is 29.1. The summed E-state index contributed by atoms with van der Waals surface area (Å²) in [5, 5.41) is 13.0. The Kier molecular flexibility index (Phi) is 6.82. The fraction of sp³-hybridized carbons (Fsp3) is 0. The highest BCUT2D eigenvalue weighted by atomic mass is 15.0. The van der Waals surface area contributed by atoms with Gasteiger partial charge in [-0.3, -0.25) is 0 Å². The summed E-state index contributed by atoms with van der Waals surface area (Å²) in [6.45, 7) is 0. The lowest BCUT2D eigenvalue weighted by Gasteiger charge is -2.15. The largest absolute Gasteiger partial charge is 0.244 e. The van der Waals surface area contributed by atoms with Crippen LogP contribution >= 0.6 is 0 Å². The predicted octanol–water partition coefficient (Wildman–Crippen LogP) is 12.9. The van der Waals surface area contributed by atoms with E-state index in [4.69, 9.17) is 19.9 Å². The molecule has 0 radical (unpaired) electrons. The Hall–Kier alpha value is -7.30.